The molecule has 20 heavy (non-hydrogen) atoms. The van der Waals surface area contributed by atoms with Crippen LogP contribution < -0.4 is 0 Å². The number of carboxylic acids is 1. The highest BCUT2D eigenvalue weighted by Gasteiger charge is 2.30. The zero-order chi connectivity index (χ0) is 15.7. The first-order valence-electron chi connectivity index (χ1n) is 7.04. The van der Waals surface area contributed by atoms with Gasteiger partial charge in [0.25, 0.3) is 0 Å². The Kier molecular flexibility index (Phi) is 4.97. The van der Waals surface area contributed by atoms with Crippen molar-refractivity contribution in [1.29, 1.82) is 0 Å². The Balaban J connectivity index is 3.10. The molecule has 1 aromatic rings. The van der Waals surface area contributed by atoms with Gasteiger partial charge < -0.3 is 5.11 Å². The molecule has 0 bridgehead atoms. The number of aryl methyl sites for hydroxylation is 2. The fourth-order valence-electron chi connectivity index (χ4n) is 2.88. The van der Waals surface area contributed by atoms with E-state index in [1.165, 1.54) is 5.56 Å². The third kappa shape index (κ3) is 3.60. The van der Waals surface area contributed by atoms with Gasteiger partial charge in [0.2, 0.25) is 0 Å². The van der Waals surface area contributed by atoms with Crippen molar-refractivity contribution in [3.8, 4) is 0 Å². The van der Waals surface area contributed by atoms with E-state index in [1.807, 2.05) is 18.7 Å². The molecule has 114 valence electrons. The van der Waals surface area contributed by atoms with Crippen molar-refractivity contribution in [3.63, 3.8) is 0 Å². The fraction of sp³-hybridized carbons (Fsp3) is 0.733. The van der Waals surface area contributed by atoms with E-state index in [9.17, 15) is 4.79 Å². The van der Waals surface area contributed by atoms with Crippen LogP contribution in [0.15, 0.2) is 0 Å². The van der Waals surface area contributed by atoms with E-state index < -0.39 is 5.97 Å². The largest absolute Gasteiger partial charge is 0.481 e. The van der Waals surface area contributed by atoms with Gasteiger partial charge in [0.05, 0.1) is 12.1 Å². The number of aliphatic carboxylic acids is 1. The Bertz CT molecular complexity index is 486. The number of nitrogens with zero attached hydrogens (tertiary/aromatic N) is 3. The maximum Gasteiger partial charge on any atom is 0.304 e. The van der Waals surface area contributed by atoms with Gasteiger partial charge in [0, 0.05) is 36.4 Å². The van der Waals surface area contributed by atoms with Crippen molar-refractivity contribution in [2.75, 3.05) is 6.54 Å². The molecule has 0 radical (unpaired) electrons. The zero-order valence-electron chi connectivity index (χ0n) is 13.7. The third-order valence-corrected chi connectivity index (χ3v) is 3.88. The number of carbonyl (C=O) groups is 1. The summed E-state index contributed by atoms with van der Waals surface area (Å²) in [5.74, 6) is -0.758. The molecule has 0 amide bonds. The highest BCUT2D eigenvalue weighted by Crippen LogP contribution is 2.31. The molecule has 1 atom stereocenters. The van der Waals surface area contributed by atoms with E-state index in [4.69, 9.17) is 5.11 Å². The Morgan fingerprint density at radius 3 is 2.30 bits per heavy atom. The van der Waals surface area contributed by atoms with Crippen molar-refractivity contribution in [2.24, 2.45) is 7.05 Å². The molecule has 1 unspecified atom stereocenters. The average Bonchev–Trinajstić information content (AvgIpc) is 2.50. The molecule has 0 aliphatic carbocycles. The topological polar surface area (TPSA) is 58.4 Å². The summed E-state index contributed by atoms with van der Waals surface area (Å²) in [5.41, 5.74) is 3.26. The third-order valence-electron chi connectivity index (χ3n) is 3.88. The summed E-state index contributed by atoms with van der Waals surface area (Å²) in [5, 5.41) is 13.4. The fourth-order valence-corrected chi connectivity index (χ4v) is 2.88. The number of hydrogen-bond acceptors (Lipinski definition) is 3. The molecule has 0 aliphatic rings. The van der Waals surface area contributed by atoms with Gasteiger partial charge in [-0.1, -0.05) is 0 Å². The number of carboxylic acid groups (broad SMARTS) is 1. The lowest BCUT2D eigenvalue weighted by Gasteiger charge is -2.40. The smallest absolute Gasteiger partial charge is 0.304 e. The maximum atomic E-state index is 10.9. The monoisotopic (exact) mass is 281 g/mol. The van der Waals surface area contributed by atoms with E-state index in [1.54, 1.807) is 0 Å². The quantitative estimate of drug-likeness (QED) is 0.901. The van der Waals surface area contributed by atoms with Crippen molar-refractivity contribution in [3.05, 3.63) is 17.0 Å². The second-order valence-electron chi connectivity index (χ2n) is 6.39. The lowest BCUT2D eigenvalue weighted by atomic mass is 9.97. The molecule has 0 saturated carbocycles. The molecule has 0 aromatic carbocycles. The Labute approximate surface area is 121 Å². The summed E-state index contributed by atoms with van der Waals surface area (Å²) in [4.78, 5) is 13.1. The van der Waals surface area contributed by atoms with Gasteiger partial charge in [-0.25, -0.2) is 0 Å². The molecular formula is C15H27N3O2. The molecule has 1 rings (SSSR count). The first-order chi connectivity index (χ1) is 9.05. The van der Waals surface area contributed by atoms with Crippen LogP contribution in [0.2, 0.25) is 0 Å². The van der Waals surface area contributed by atoms with Gasteiger partial charge in [-0.15, -0.1) is 0 Å². The zero-order valence-corrected chi connectivity index (χ0v) is 13.7. The first kappa shape index (κ1) is 16.7. The van der Waals surface area contributed by atoms with E-state index >= 15 is 0 Å². The average molecular weight is 281 g/mol. The molecule has 0 fully saturated rings. The van der Waals surface area contributed by atoms with Crippen molar-refractivity contribution in [2.45, 2.75) is 59.5 Å². The van der Waals surface area contributed by atoms with Crippen LogP contribution >= 0.6 is 0 Å². The minimum absolute atomic E-state index is 0.0937. The molecule has 1 N–H and O–H groups in total. The Hall–Kier alpha value is -1.36. The van der Waals surface area contributed by atoms with E-state index in [-0.39, 0.29) is 18.0 Å². The minimum Gasteiger partial charge on any atom is -0.481 e. The Morgan fingerprint density at radius 1 is 1.40 bits per heavy atom. The van der Waals surface area contributed by atoms with Crippen molar-refractivity contribution >= 4 is 5.97 Å². The van der Waals surface area contributed by atoms with Gasteiger partial charge in [0.1, 0.15) is 0 Å². The molecule has 5 heteroatoms. The van der Waals surface area contributed by atoms with Crippen LogP contribution in [0.1, 0.15) is 57.1 Å². The minimum atomic E-state index is -0.758. The van der Waals surface area contributed by atoms with Crippen LogP contribution in [0.5, 0.6) is 0 Å². The molecule has 0 aliphatic heterocycles. The van der Waals surface area contributed by atoms with Crippen LogP contribution in [0.25, 0.3) is 0 Å². The van der Waals surface area contributed by atoms with E-state index in [0.717, 1.165) is 11.4 Å². The molecule has 1 heterocycles. The highest BCUT2D eigenvalue weighted by atomic mass is 16.4. The van der Waals surface area contributed by atoms with Gasteiger partial charge in [-0.05, 0) is 41.5 Å². The predicted octanol–water partition coefficient (Wildman–Crippen LogP) is 2.67. The molecule has 0 spiro atoms. The SMILES string of the molecule is Cc1nn(C)c(C)c1C(C)N(CCC(=O)O)C(C)(C)C. The van der Waals surface area contributed by atoms with E-state index in [2.05, 4.69) is 44.6 Å². The first-order valence-corrected chi connectivity index (χ1v) is 7.04. The van der Waals surface area contributed by atoms with E-state index in [0.29, 0.717) is 6.54 Å². The Morgan fingerprint density at radius 2 is 1.95 bits per heavy atom. The van der Waals surface area contributed by atoms with Gasteiger partial charge in [-0.2, -0.15) is 5.10 Å². The second kappa shape index (κ2) is 5.95. The second-order valence-corrected chi connectivity index (χ2v) is 6.39. The highest BCUT2D eigenvalue weighted by molar-refractivity contribution is 5.66. The number of aromatic nitrogens is 2. The van der Waals surface area contributed by atoms with Crippen LogP contribution in [-0.4, -0.2) is 37.8 Å². The number of rotatable bonds is 5. The van der Waals surface area contributed by atoms with Gasteiger partial charge in [0.15, 0.2) is 0 Å². The van der Waals surface area contributed by atoms with Crippen LogP contribution in [0.4, 0.5) is 0 Å². The molecule has 0 saturated heterocycles. The van der Waals surface area contributed by atoms with Crippen molar-refractivity contribution < 1.29 is 9.90 Å². The maximum absolute atomic E-state index is 10.9. The summed E-state index contributed by atoms with van der Waals surface area (Å²) in [6.45, 7) is 13.1. The van der Waals surface area contributed by atoms with Crippen molar-refractivity contribution in [1.82, 2.24) is 14.7 Å². The lowest BCUT2D eigenvalue weighted by Crippen LogP contribution is -2.44. The summed E-state index contributed by atoms with van der Waals surface area (Å²) in [6, 6.07) is 0.142. The number of hydrogen-bond donors (Lipinski definition) is 1. The van der Waals surface area contributed by atoms with Crippen LogP contribution in [0.3, 0.4) is 0 Å². The molecule has 5 nitrogen and oxygen atoms in total. The lowest BCUT2D eigenvalue weighted by molar-refractivity contribution is -0.137. The van der Waals surface area contributed by atoms with Gasteiger partial charge >= 0.3 is 5.97 Å². The predicted molar refractivity (Wildman–Crippen MR) is 79.8 cm³/mol. The summed E-state index contributed by atoms with van der Waals surface area (Å²) < 4.78 is 1.89. The van der Waals surface area contributed by atoms with Gasteiger partial charge in [-0.3, -0.25) is 14.4 Å². The summed E-state index contributed by atoms with van der Waals surface area (Å²) in [7, 11) is 1.94. The standard InChI is InChI=1S/C15H27N3O2/c1-10-14(11(2)17(7)16-10)12(3)18(15(4,5)6)9-8-13(19)20/h12H,8-9H2,1-7H3,(H,19,20). The normalized spacial score (nSPS) is 13.8. The van der Waals surface area contributed by atoms with Crippen LogP contribution in [-0.2, 0) is 11.8 Å². The molecule has 1 aromatic heterocycles. The molecular weight excluding hydrogens is 254 g/mol. The van der Waals surface area contributed by atoms with Crippen LogP contribution in [0, 0.1) is 13.8 Å². The summed E-state index contributed by atoms with van der Waals surface area (Å²) in [6.07, 6.45) is 0.153. The summed E-state index contributed by atoms with van der Waals surface area (Å²) >= 11 is 0.